The van der Waals surface area contributed by atoms with Gasteiger partial charge in [0.2, 0.25) is 0 Å². The summed E-state index contributed by atoms with van der Waals surface area (Å²) >= 11 is 12.0. The van der Waals surface area contributed by atoms with Gasteiger partial charge in [-0.25, -0.2) is 0 Å². The molecule has 4 heteroatoms. The molecule has 0 amide bonds. The van der Waals surface area contributed by atoms with Gasteiger partial charge in [-0.1, -0.05) is 23.2 Å². The summed E-state index contributed by atoms with van der Waals surface area (Å²) in [6.07, 6.45) is 0.738. The van der Waals surface area contributed by atoms with Crippen molar-refractivity contribution in [1.29, 1.82) is 0 Å². The molecule has 0 unspecified atom stereocenters. The number of hydrogen-bond donors (Lipinski definition) is 0. The van der Waals surface area contributed by atoms with Crippen LogP contribution >= 0.6 is 23.2 Å². The van der Waals surface area contributed by atoms with E-state index in [0.717, 1.165) is 11.8 Å². The van der Waals surface area contributed by atoms with Crippen LogP contribution in [0.15, 0.2) is 36.4 Å². The van der Waals surface area contributed by atoms with Gasteiger partial charge in [-0.3, -0.25) is 4.79 Å². The first kappa shape index (κ1) is 12.9. The summed E-state index contributed by atoms with van der Waals surface area (Å²) in [6, 6.07) is 10.2. The van der Waals surface area contributed by atoms with Gasteiger partial charge in [0.15, 0.2) is 0 Å². The lowest BCUT2D eigenvalue weighted by atomic mass is 10.2. The molecule has 18 heavy (non-hydrogen) atoms. The van der Waals surface area contributed by atoms with Gasteiger partial charge in [0.25, 0.3) is 0 Å². The Kier molecular flexibility index (Phi) is 3.90. The molecule has 92 valence electrons. The van der Waals surface area contributed by atoms with Crippen LogP contribution in [0.25, 0.3) is 0 Å². The average molecular weight is 281 g/mol. The van der Waals surface area contributed by atoms with E-state index < -0.39 is 0 Å². The van der Waals surface area contributed by atoms with Gasteiger partial charge in [0.1, 0.15) is 17.8 Å². The van der Waals surface area contributed by atoms with E-state index in [4.69, 9.17) is 27.9 Å². The Morgan fingerprint density at radius 1 is 1.06 bits per heavy atom. The summed E-state index contributed by atoms with van der Waals surface area (Å²) in [7, 11) is 0. The van der Waals surface area contributed by atoms with Crippen molar-refractivity contribution in [1.82, 2.24) is 0 Å². The maximum absolute atomic E-state index is 10.6. The van der Waals surface area contributed by atoms with E-state index in [1.54, 1.807) is 30.3 Å². The topological polar surface area (TPSA) is 26.3 Å². The highest BCUT2D eigenvalue weighted by atomic mass is 35.5. The number of ether oxygens (including phenoxy) is 1. The molecule has 0 radical (unpaired) electrons. The predicted octanol–water partition coefficient (Wildman–Crippen LogP) is 4.91. The van der Waals surface area contributed by atoms with Crippen LogP contribution in [-0.2, 0) is 0 Å². The molecule has 2 rings (SSSR count). The van der Waals surface area contributed by atoms with Crippen LogP contribution in [0.4, 0.5) is 0 Å². The normalized spacial score (nSPS) is 10.2. The highest BCUT2D eigenvalue weighted by molar-refractivity contribution is 6.32. The first-order valence-electron chi connectivity index (χ1n) is 5.29. The fraction of sp³-hybridized carbons (Fsp3) is 0.0714. The van der Waals surface area contributed by atoms with E-state index >= 15 is 0 Å². The summed E-state index contributed by atoms with van der Waals surface area (Å²) in [5, 5.41) is 1.08. The highest BCUT2D eigenvalue weighted by Crippen LogP contribution is 2.31. The Bertz CT molecular complexity index is 594. The van der Waals surface area contributed by atoms with Gasteiger partial charge in [-0.2, -0.15) is 0 Å². The molecule has 0 heterocycles. The number of halogens is 2. The lowest BCUT2D eigenvalue weighted by Gasteiger charge is -2.09. The first-order valence-corrected chi connectivity index (χ1v) is 6.04. The van der Waals surface area contributed by atoms with Crippen molar-refractivity contribution in [3.63, 3.8) is 0 Å². The van der Waals surface area contributed by atoms with Gasteiger partial charge < -0.3 is 4.74 Å². The van der Waals surface area contributed by atoms with Crippen molar-refractivity contribution in [3.8, 4) is 11.5 Å². The van der Waals surface area contributed by atoms with Crippen LogP contribution < -0.4 is 4.74 Å². The zero-order valence-electron chi connectivity index (χ0n) is 9.61. The lowest BCUT2D eigenvalue weighted by Crippen LogP contribution is -1.88. The number of hydrogen-bond acceptors (Lipinski definition) is 2. The molecule has 0 N–H and O–H groups in total. The zero-order valence-corrected chi connectivity index (χ0v) is 11.1. The Morgan fingerprint density at radius 3 is 2.44 bits per heavy atom. The molecule has 2 nitrogen and oxygen atoms in total. The minimum Gasteiger partial charge on any atom is -0.456 e. The molecule has 2 aromatic rings. The molecular weight excluding hydrogens is 271 g/mol. The zero-order chi connectivity index (χ0) is 13.1. The smallest absolute Gasteiger partial charge is 0.150 e. The largest absolute Gasteiger partial charge is 0.456 e. The van der Waals surface area contributed by atoms with Crippen molar-refractivity contribution in [3.05, 3.63) is 57.6 Å². The fourth-order valence-corrected chi connectivity index (χ4v) is 1.83. The summed E-state index contributed by atoms with van der Waals surface area (Å²) in [5.41, 5.74) is 1.44. The maximum Gasteiger partial charge on any atom is 0.150 e. The van der Waals surface area contributed by atoms with Gasteiger partial charge in [0.05, 0.1) is 5.02 Å². The second-order valence-corrected chi connectivity index (χ2v) is 4.64. The monoisotopic (exact) mass is 280 g/mol. The molecule has 2 aromatic carbocycles. The van der Waals surface area contributed by atoms with Gasteiger partial charge in [-0.15, -0.1) is 0 Å². The maximum atomic E-state index is 10.6. The number of aryl methyl sites for hydroxylation is 1. The third kappa shape index (κ3) is 2.84. The minimum absolute atomic E-state index is 0.396. The SMILES string of the molecule is Cc1cc(Oc2ccc(C=O)cc2Cl)ccc1Cl. The molecule has 0 fully saturated rings. The van der Waals surface area contributed by atoms with Crippen LogP contribution in [0.3, 0.4) is 0 Å². The molecule has 0 saturated carbocycles. The molecule has 0 aliphatic rings. The predicted molar refractivity (Wildman–Crippen MR) is 73.1 cm³/mol. The van der Waals surface area contributed by atoms with Crippen LogP contribution in [0.5, 0.6) is 11.5 Å². The number of rotatable bonds is 3. The molecule has 0 atom stereocenters. The molecule has 0 aliphatic carbocycles. The number of benzene rings is 2. The van der Waals surface area contributed by atoms with Crippen LogP contribution in [0.1, 0.15) is 15.9 Å². The molecule has 0 saturated heterocycles. The lowest BCUT2D eigenvalue weighted by molar-refractivity contribution is 0.112. The Morgan fingerprint density at radius 2 is 1.83 bits per heavy atom. The van der Waals surface area contributed by atoms with E-state index in [2.05, 4.69) is 0 Å². The van der Waals surface area contributed by atoms with Gasteiger partial charge in [0, 0.05) is 10.6 Å². The Hall–Kier alpha value is -1.51. The van der Waals surface area contributed by atoms with Crippen molar-refractivity contribution < 1.29 is 9.53 Å². The van der Waals surface area contributed by atoms with Crippen LogP contribution in [-0.4, -0.2) is 6.29 Å². The summed E-state index contributed by atoms with van der Waals surface area (Å²) in [6.45, 7) is 1.90. The molecular formula is C14H10Cl2O2. The molecule has 0 aromatic heterocycles. The third-order valence-electron chi connectivity index (χ3n) is 2.45. The van der Waals surface area contributed by atoms with E-state index in [9.17, 15) is 4.79 Å². The van der Waals surface area contributed by atoms with Crippen molar-refractivity contribution >= 4 is 29.5 Å². The Balaban J connectivity index is 2.28. The molecule has 0 aliphatic heterocycles. The quantitative estimate of drug-likeness (QED) is 0.747. The second-order valence-electron chi connectivity index (χ2n) is 3.82. The van der Waals surface area contributed by atoms with E-state index in [1.807, 2.05) is 13.0 Å². The van der Waals surface area contributed by atoms with Crippen molar-refractivity contribution in [2.24, 2.45) is 0 Å². The van der Waals surface area contributed by atoms with Gasteiger partial charge >= 0.3 is 0 Å². The summed E-state index contributed by atoms with van der Waals surface area (Å²) in [4.78, 5) is 10.6. The number of carbonyl (C=O) groups excluding carboxylic acids is 1. The highest BCUT2D eigenvalue weighted by Gasteiger charge is 2.05. The van der Waals surface area contributed by atoms with E-state index in [0.29, 0.717) is 27.1 Å². The van der Waals surface area contributed by atoms with Crippen molar-refractivity contribution in [2.45, 2.75) is 6.92 Å². The number of carbonyl (C=O) groups is 1. The van der Waals surface area contributed by atoms with Crippen molar-refractivity contribution in [2.75, 3.05) is 0 Å². The summed E-state index contributed by atoms with van der Waals surface area (Å²) < 4.78 is 5.64. The second kappa shape index (κ2) is 5.42. The number of aldehydes is 1. The van der Waals surface area contributed by atoms with Crippen LogP contribution in [0.2, 0.25) is 10.0 Å². The van der Waals surface area contributed by atoms with Gasteiger partial charge in [-0.05, 0) is 48.9 Å². The minimum atomic E-state index is 0.396. The standard InChI is InChI=1S/C14H10Cl2O2/c1-9-6-11(3-4-12(9)15)18-14-5-2-10(8-17)7-13(14)16/h2-8H,1H3. The van der Waals surface area contributed by atoms with E-state index in [-0.39, 0.29) is 0 Å². The molecule has 0 spiro atoms. The Labute approximate surface area is 115 Å². The first-order chi connectivity index (χ1) is 8.60. The summed E-state index contributed by atoms with van der Waals surface area (Å²) in [5.74, 6) is 1.15. The van der Waals surface area contributed by atoms with E-state index in [1.165, 1.54) is 0 Å². The molecule has 0 bridgehead atoms. The average Bonchev–Trinajstić information content (AvgIpc) is 2.36. The third-order valence-corrected chi connectivity index (χ3v) is 3.17. The van der Waals surface area contributed by atoms with Crippen LogP contribution in [0, 0.1) is 6.92 Å². The fourth-order valence-electron chi connectivity index (χ4n) is 1.48.